The van der Waals surface area contributed by atoms with E-state index in [9.17, 15) is 14.9 Å². The molecule has 1 fully saturated rings. The molecule has 1 heterocycles. The third-order valence-electron chi connectivity index (χ3n) is 4.55. The Kier molecular flexibility index (Phi) is 8.13. The molecule has 0 atom stereocenters. The van der Waals surface area contributed by atoms with Crippen LogP contribution in [0.4, 0.5) is 5.69 Å². The van der Waals surface area contributed by atoms with Gasteiger partial charge in [0.1, 0.15) is 6.61 Å². The van der Waals surface area contributed by atoms with E-state index in [4.69, 9.17) is 9.47 Å². The summed E-state index contributed by atoms with van der Waals surface area (Å²) in [7, 11) is 1.54. The molecule has 2 aromatic rings. The summed E-state index contributed by atoms with van der Waals surface area (Å²) in [6.45, 7) is 5.19. The van der Waals surface area contributed by atoms with Gasteiger partial charge in [0.25, 0.3) is 11.6 Å². The van der Waals surface area contributed by atoms with Crippen molar-refractivity contribution in [3.8, 4) is 11.5 Å². The fourth-order valence-corrected chi connectivity index (χ4v) is 4.96. The first-order valence-electron chi connectivity index (χ1n) is 9.87. The van der Waals surface area contributed by atoms with Gasteiger partial charge in [0, 0.05) is 25.2 Å². The van der Waals surface area contributed by atoms with E-state index in [1.54, 1.807) is 30.2 Å². The van der Waals surface area contributed by atoms with Crippen molar-refractivity contribution in [1.82, 2.24) is 4.90 Å². The Labute approximate surface area is 204 Å². The summed E-state index contributed by atoms with van der Waals surface area (Å²) in [5.41, 5.74) is 1.50. The molecule has 1 aliphatic heterocycles. The molecule has 1 aliphatic rings. The van der Waals surface area contributed by atoms with Crippen LogP contribution in [0.2, 0.25) is 0 Å². The monoisotopic (exact) mass is 567 g/mol. The Morgan fingerprint density at radius 3 is 2.72 bits per heavy atom. The highest BCUT2D eigenvalue weighted by atomic mass is 127. The van der Waals surface area contributed by atoms with E-state index in [-0.39, 0.29) is 18.2 Å². The highest BCUT2D eigenvalue weighted by Crippen LogP contribution is 2.37. The highest BCUT2D eigenvalue weighted by molar-refractivity contribution is 14.1. The Balaban J connectivity index is 1.85. The molecule has 0 aromatic heterocycles. The molecule has 0 unspecified atom stereocenters. The molecular formula is C22H22IN3O5S. The molecular weight excluding hydrogens is 545 g/mol. The number of methoxy groups -OCH3 is 1. The molecule has 0 radical (unpaired) electrons. The van der Waals surface area contributed by atoms with Crippen molar-refractivity contribution < 1.29 is 19.2 Å². The number of amides is 1. The molecule has 1 saturated heterocycles. The number of halogens is 1. The van der Waals surface area contributed by atoms with Crippen LogP contribution in [0, 0.1) is 13.7 Å². The van der Waals surface area contributed by atoms with Gasteiger partial charge in [0.2, 0.25) is 0 Å². The Morgan fingerprint density at radius 2 is 2.06 bits per heavy atom. The fourth-order valence-electron chi connectivity index (χ4n) is 3.07. The van der Waals surface area contributed by atoms with Gasteiger partial charge in [-0.1, -0.05) is 12.1 Å². The number of hydrogen-bond acceptors (Lipinski definition) is 7. The first-order chi connectivity index (χ1) is 15.4. The number of benzene rings is 2. The third kappa shape index (κ3) is 5.41. The minimum atomic E-state index is -0.436. The number of nitro groups is 1. The van der Waals surface area contributed by atoms with E-state index in [0.717, 1.165) is 9.13 Å². The van der Waals surface area contributed by atoms with Crippen molar-refractivity contribution >= 4 is 57.2 Å². The predicted molar refractivity (Wildman–Crippen MR) is 134 cm³/mol. The van der Waals surface area contributed by atoms with E-state index in [1.165, 1.54) is 23.9 Å². The number of carbonyl (C=O) groups is 1. The van der Waals surface area contributed by atoms with Crippen molar-refractivity contribution in [2.45, 2.75) is 20.5 Å². The maximum absolute atomic E-state index is 12.7. The smallest absolute Gasteiger partial charge is 0.269 e. The van der Waals surface area contributed by atoms with Gasteiger partial charge in [0.15, 0.2) is 16.7 Å². The van der Waals surface area contributed by atoms with Crippen LogP contribution in [0.15, 0.2) is 46.3 Å². The fraction of sp³-hybridized carbons (Fsp3) is 0.273. The number of ether oxygens (including phenoxy) is 2. The summed E-state index contributed by atoms with van der Waals surface area (Å²) >= 11 is 3.51. The molecule has 32 heavy (non-hydrogen) atoms. The molecule has 0 saturated carbocycles. The van der Waals surface area contributed by atoms with Gasteiger partial charge < -0.3 is 9.47 Å². The maximum Gasteiger partial charge on any atom is 0.269 e. The molecule has 0 spiro atoms. The van der Waals surface area contributed by atoms with Gasteiger partial charge in [-0.25, -0.2) is 0 Å². The molecule has 8 nitrogen and oxygen atoms in total. The molecule has 10 heteroatoms. The second-order valence-corrected chi connectivity index (χ2v) is 8.84. The SMILES string of the molecule is CCN=C1S/C(=C\c2cc(I)c(OCc3cccc([N+](=O)[O-])c3)c(OC)c2)C(=O)N1CC. The van der Waals surface area contributed by atoms with E-state index >= 15 is 0 Å². The zero-order chi connectivity index (χ0) is 23.3. The number of nitro benzene ring substituents is 1. The lowest BCUT2D eigenvalue weighted by molar-refractivity contribution is -0.384. The van der Waals surface area contributed by atoms with Crippen LogP contribution in [-0.2, 0) is 11.4 Å². The number of hydrogen-bond donors (Lipinski definition) is 0. The first-order valence-corrected chi connectivity index (χ1v) is 11.8. The molecule has 168 valence electrons. The second kappa shape index (κ2) is 10.8. The number of amidine groups is 1. The van der Waals surface area contributed by atoms with E-state index in [1.807, 2.05) is 26.0 Å². The van der Waals surface area contributed by atoms with Crippen molar-refractivity contribution in [2.24, 2.45) is 4.99 Å². The van der Waals surface area contributed by atoms with Crippen molar-refractivity contribution in [3.63, 3.8) is 0 Å². The number of aliphatic imine (C=N–C) groups is 1. The van der Waals surface area contributed by atoms with Gasteiger partial charge in [-0.2, -0.15) is 0 Å². The normalized spacial score (nSPS) is 16.1. The Bertz CT molecular complexity index is 1100. The van der Waals surface area contributed by atoms with Crippen LogP contribution in [0.3, 0.4) is 0 Å². The number of carbonyl (C=O) groups excluding carboxylic acids is 1. The lowest BCUT2D eigenvalue weighted by Crippen LogP contribution is -2.28. The Morgan fingerprint density at radius 1 is 1.28 bits per heavy atom. The quantitative estimate of drug-likeness (QED) is 0.191. The summed E-state index contributed by atoms with van der Waals surface area (Å²) in [4.78, 5) is 29.9. The van der Waals surface area contributed by atoms with E-state index in [0.29, 0.717) is 40.2 Å². The lowest BCUT2D eigenvalue weighted by atomic mass is 10.1. The van der Waals surface area contributed by atoms with Crippen LogP contribution in [0.5, 0.6) is 11.5 Å². The first kappa shape index (κ1) is 24.1. The molecule has 3 rings (SSSR count). The predicted octanol–water partition coefficient (Wildman–Crippen LogP) is 5.10. The van der Waals surface area contributed by atoms with Gasteiger partial charge >= 0.3 is 0 Å². The zero-order valence-corrected chi connectivity index (χ0v) is 20.8. The Hall–Kier alpha value is -2.60. The summed E-state index contributed by atoms with van der Waals surface area (Å²) in [5.74, 6) is 0.986. The molecule has 0 bridgehead atoms. The minimum Gasteiger partial charge on any atom is -0.493 e. The summed E-state index contributed by atoms with van der Waals surface area (Å²) in [6.07, 6.45) is 1.82. The van der Waals surface area contributed by atoms with Crippen molar-refractivity contribution in [3.05, 3.63) is 66.1 Å². The molecule has 2 aromatic carbocycles. The average molecular weight is 567 g/mol. The number of rotatable bonds is 8. The summed E-state index contributed by atoms with van der Waals surface area (Å²) < 4.78 is 12.2. The molecule has 0 aliphatic carbocycles. The number of likely N-dealkylation sites (N-methyl/N-ethyl adjacent to an activating group) is 1. The van der Waals surface area contributed by atoms with Crippen LogP contribution in [0.25, 0.3) is 6.08 Å². The highest BCUT2D eigenvalue weighted by Gasteiger charge is 2.31. The molecule has 0 N–H and O–H groups in total. The number of non-ortho nitro benzene ring substituents is 1. The number of thioether (sulfide) groups is 1. The van der Waals surface area contributed by atoms with Crippen LogP contribution in [0.1, 0.15) is 25.0 Å². The van der Waals surface area contributed by atoms with Gasteiger partial charge in [-0.05, 0) is 77.5 Å². The minimum absolute atomic E-state index is 0.0144. The molecule has 1 amide bonds. The number of nitrogens with zero attached hydrogens (tertiary/aromatic N) is 3. The maximum atomic E-state index is 12.7. The van der Waals surface area contributed by atoms with Crippen molar-refractivity contribution in [2.75, 3.05) is 20.2 Å². The van der Waals surface area contributed by atoms with Gasteiger partial charge in [-0.3, -0.25) is 24.8 Å². The lowest BCUT2D eigenvalue weighted by Gasteiger charge is -2.14. The van der Waals surface area contributed by atoms with E-state index < -0.39 is 4.92 Å². The van der Waals surface area contributed by atoms with Gasteiger partial charge in [-0.15, -0.1) is 0 Å². The second-order valence-electron chi connectivity index (χ2n) is 6.67. The van der Waals surface area contributed by atoms with Gasteiger partial charge in [0.05, 0.1) is 20.5 Å². The zero-order valence-electron chi connectivity index (χ0n) is 17.8. The van der Waals surface area contributed by atoms with Crippen LogP contribution in [-0.4, -0.2) is 41.1 Å². The van der Waals surface area contributed by atoms with Crippen LogP contribution < -0.4 is 9.47 Å². The largest absolute Gasteiger partial charge is 0.493 e. The van der Waals surface area contributed by atoms with E-state index in [2.05, 4.69) is 27.6 Å². The summed E-state index contributed by atoms with van der Waals surface area (Å²) in [6, 6.07) is 10.0. The summed E-state index contributed by atoms with van der Waals surface area (Å²) in [5, 5.41) is 11.7. The van der Waals surface area contributed by atoms with Crippen molar-refractivity contribution in [1.29, 1.82) is 0 Å². The average Bonchev–Trinajstić information content (AvgIpc) is 3.06. The third-order valence-corrected chi connectivity index (χ3v) is 6.40. The standard InChI is InChI=1S/C22H22IN3O5S/c1-4-24-22-25(5-2)21(27)19(32-22)12-15-10-17(23)20(18(11-15)30-3)31-13-14-7-6-8-16(9-14)26(28)29/h6-12H,4-5,13H2,1-3H3/b19-12-,24-22?. The topological polar surface area (TPSA) is 94.3 Å². The van der Waals surface area contributed by atoms with Crippen LogP contribution >= 0.6 is 34.4 Å².